The minimum absolute atomic E-state index is 0.0481. The van der Waals surface area contributed by atoms with Crippen LogP contribution in [0.2, 0.25) is 0 Å². The zero-order valence-electron chi connectivity index (χ0n) is 24.6. The summed E-state index contributed by atoms with van der Waals surface area (Å²) in [7, 11) is 1.96. The smallest absolute Gasteiger partial charge is 0.367 e. The number of anilines is 1. The van der Waals surface area contributed by atoms with Crippen molar-refractivity contribution >= 4 is 16.9 Å². The number of likely N-dealkylation sites (tertiary alicyclic amines) is 1. The molecule has 7 rings (SSSR count). The molecule has 3 aliphatic rings. The van der Waals surface area contributed by atoms with E-state index in [1.165, 1.54) is 12.4 Å². The van der Waals surface area contributed by atoms with Crippen LogP contribution < -0.4 is 5.32 Å². The zero-order valence-corrected chi connectivity index (χ0v) is 24.6. The van der Waals surface area contributed by atoms with Gasteiger partial charge < -0.3 is 15.2 Å². The van der Waals surface area contributed by atoms with Crippen LogP contribution in [0.5, 0.6) is 0 Å². The van der Waals surface area contributed by atoms with E-state index in [0.717, 1.165) is 73.9 Å². The number of fused-ring (bicyclic) bond motifs is 1. The number of alkyl halides is 3. The fourth-order valence-electron chi connectivity index (χ4n) is 6.89. The van der Waals surface area contributed by atoms with Crippen LogP contribution in [0.25, 0.3) is 22.3 Å². The van der Waals surface area contributed by atoms with Crippen LogP contribution in [0.4, 0.5) is 19.0 Å². The first-order valence-electron chi connectivity index (χ1n) is 15.2. The van der Waals surface area contributed by atoms with E-state index in [0.29, 0.717) is 36.4 Å². The van der Waals surface area contributed by atoms with Gasteiger partial charge in [0, 0.05) is 61.1 Å². The minimum atomic E-state index is -4.49. The van der Waals surface area contributed by atoms with E-state index < -0.39 is 11.9 Å². The highest BCUT2D eigenvalue weighted by molar-refractivity contribution is 5.90. The predicted molar refractivity (Wildman–Crippen MR) is 158 cm³/mol. The van der Waals surface area contributed by atoms with Gasteiger partial charge in [-0.05, 0) is 69.3 Å². The van der Waals surface area contributed by atoms with Gasteiger partial charge in [-0.25, -0.2) is 15.0 Å². The summed E-state index contributed by atoms with van der Waals surface area (Å²) in [6, 6.07) is 8.09. The first kappa shape index (κ1) is 28.7. The van der Waals surface area contributed by atoms with E-state index in [1.807, 2.05) is 30.2 Å². The number of aromatic nitrogens is 6. The Bertz CT molecular complexity index is 1670. The van der Waals surface area contributed by atoms with E-state index in [4.69, 9.17) is 0 Å². The van der Waals surface area contributed by atoms with Crippen molar-refractivity contribution in [3.05, 3.63) is 54.4 Å². The molecule has 0 unspecified atom stereocenters. The molecule has 4 aromatic rings. The quantitative estimate of drug-likeness (QED) is 0.269. The number of halogens is 3. The summed E-state index contributed by atoms with van der Waals surface area (Å²) in [5, 5.41) is 18.6. The molecular weight excluding hydrogens is 569 g/mol. The van der Waals surface area contributed by atoms with Crippen LogP contribution in [0.1, 0.15) is 56.2 Å². The molecule has 5 heterocycles. The Morgan fingerprint density at radius 2 is 1.95 bits per heavy atom. The number of pyridine rings is 1. The third-order valence-corrected chi connectivity index (χ3v) is 9.51. The molecule has 1 aliphatic heterocycles. The highest BCUT2D eigenvalue weighted by atomic mass is 19.4. The number of hydrogen-bond donors (Lipinski definition) is 2. The van der Waals surface area contributed by atoms with Crippen LogP contribution in [-0.4, -0.2) is 77.8 Å². The van der Waals surface area contributed by atoms with Crippen molar-refractivity contribution in [3.8, 4) is 17.3 Å². The summed E-state index contributed by atoms with van der Waals surface area (Å²) in [6.07, 6.45) is 8.47. The monoisotopic (exact) mass is 604 g/mol. The van der Waals surface area contributed by atoms with Gasteiger partial charge in [-0.3, -0.25) is 9.58 Å². The summed E-state index contributed by atoms with van der Waals surface area (Å²) in [5.74, 6) is 0.296. The fraction of sp³-hybridized carbons (Fsp3) is 0.516. The first-order valence-corrected chi connectivity index (χ1v) is 15.2. The lowest BCUT2D eigenvalue weighted by Gasteiger charge is -2.52. The third kappa shape index (κ3) is 5.64. The molecule has 0 aromatic carbocycles. The minimum Gasteiger partial charge on any atom is -0.367 e. The highest BCUT2D eigenvalue weighted by Gasteiger charge is 2.49. The Morgan fingerprint density at radius 1 is 1.16 bits per heavy atom. The summed E-state index contributed by atoms with van der Waals surface area (Å²) in [4.78, 5) is 20.4. The maximum absolute atomic E-state index is 13.7. The predicted octanol–water partition coefficient (Wildman–Crippen LogP) is 5.18. The Kier molecular flexibility index (Phi) is 7.29. The van der Waals surface area contributed by atoms with Crippen molar-refractivity contribution < 1.29 is 13.2 Å². The van der Waals surface area contributed by atoms with Gasteiger partial charge in [0.15, 0.2) is 0 Å². The molecule has 1 saturated heterocycles. The Labute approximate surface area is 253 Å². The topological polar surface area (TPSA) is 115 Å². The van der Waals surface area contributed by atoms with Gasteiger partial charge in [0.1, 0.15) is 23.5 Å². The second-order valence-corrected chi connectivity index (χ2v) is 12.6. The molecule has 0 atom stereocenters. The number of piperidine rings is 1. The van der Waals surface area contributed by atoms with Gasteiger partial charge in [0.05, 0.1) is 29.9 Å². The lowest BCUT2D eigenvalue weighted by atomic mass is 9.69. The third-order valence-electron chi connectivity index (χ3n) is 9.51. The van der Waals surface area contributed by atoms with Crippen LogP contribution in [0.3, 0.4) is 0 Å². The molecule has 3 fully saturated rings. The molecule has 0 amide bonds. The van der Waals surface area contributed by atoms with Gasteiger partial charge in [-0.1, -0.05) is 0 Å². The molecule has 44 heavy (non-hydrogen) atoms. The van der Waals surface area contributed by atoms with Crippen molar-refractivity contribution in [2.75, 3.05) is 25.5 Å². The van der Waals surface area contributed by atoms with Crippen LogP contribution in [-0.2, 0) is 18.3 Å². The average Bonchev–Trinajstić information content (AvgIpc) is 3.52. The van der Waals surface area contributed by atoms with E-state index in [2.05, 4.69) is 46.2 Å². The highest BCUT2D eigenvalue weighted by Crippen LogP contribution is 2.45. The van der Waals surface area contributed by atoms with Crippen molar-refractivity contribution in [1.82, 2.24) is 39.5 Å². The Balaban J connectivity index is 0.984. The summed E-state index contributed by atoms with van der Waals surface area (Å²) in [5.41, 5.74) is 1.86. The van der Waals surface area contributed by atoms with Crippen molar-refractivity contribution in [3.63, 3.8) is 0 Å². The Hall–Kier alpha value is -4.02. The number of aromatic amines is 1. The molecule has 2 N–H and O–H groups in total. The molecule has 230 valence electrons. The molecule has 13 heteroatoms. The van der Waals surface area contributed by atoms with E-state index >= 15 is 0 Å². The number of nitrogens with one attached hydrogen (secondary N) is 2. The fourth-order valence-corrected chi connectivity index (χ4v) is 6.89. The molecular formula is C31H35F3N10. The molecule has 4 aromatic heterocycles. The standard InChI is InChI=1S/C31H35F3N10/c1-42(23-2-3-23)17-20-12-26(31(32,33)34)41-27(13-20)40-22-5-10-43(11-6-22)24-14-30(15-24,7-8-35)44-18-21(16-39-44)28-25-4-9-36-29(25)38-19-37-28/h4,9,12-13,16,18-19,22-24H,2-3,5-7,10-11,14-15,17H2,1H3,(H,40,41)(H,36,37,38). The molecule has 2 saturated carbocycles. The van der Waals surface area contributed by atoms with Gasteiger partial charge in [0.2, 0.25) is 0 Å². The average molecular weight is 605 g/mol. The van der Waals surface area contributed by atoms with Crippen LogP contribution in [0, 0.1) is 11.3 Å². The largest absolute Gasteiger partial charge is 0.433 e. The van der Waals surface area contributed by atoms with Crippen LogP contribution >= 0.6 is 0 Å². The maximum Gasteiger partial charge on any atom is 0.433 e. The molecule has 0 radical (unpaired) electrons. The molecule has 10 nitrogen and oxygen atoms in total. The second kappa shape index (κ2) is 11.2. The Morgan fingerprint density at radius 3 is 2.68 bits per heavy atom. The number of hydrogen-bond acceptors (Lipinski definition) is 8. The van der Waals surface area contributed by atoms with Gasteiger partial charge in [0.25, 0.3) is 0 Å². The first-order chi connectivity index (χ1) is 21.2. The number of nitrogens with zero attached hydrogens (tertiary/aromatic N) is 8. The van der Waals surface area contributed by atoms with Crippen molar-refractivity contribution in [1.29, 1.82) is 5.26 Å². The second-order valence-electron chi connectivity index (χ2n) is 12.6. The van der Waals surface area contributed by atoms with E-state index in [1.54, 1.807) is 12.3 Å². The lowest BCUT2D eigenvalue weighted by molar-refractivity contribution is -0.141. The zero-order chi connectivity index (χ0) is 30.5. The lowest BCUT2D eigenvalue weighted by Crippen LogP contribution is -2.58. The van der Waals surface area contributed by atoms with Crippen molar-refractivity contribution in [2.45, 2.75) is 81.3 Å². The summed E-state index contributed by atoms with van der Waals surface area (Å²) in [6.45, 7) is 2.14. The van der Waals surface area contributed by atoms with E-state index in [-0.39, 0.29) is 11.6 Å². The van der Waals surface area contributed by atoms with E-state index in [9.17, 15) is 18.4 Å². The van der Waals surface area contributed by atoms with Crippen LogP contribution in [0.15, 0.2) is 43.1 Å². The molecule has 0 spiro atoms. The summed E-state index contributed by atoms with van der Waals surface area (Å²) >= 11 is 0. The number of rotatable bonds is 9. The number of H-pyrrole nitrogens is 1. The molecule has 0 bridgehead atoms. The van der Waals surface area contributed by atoms with Gasteiger partial charge in [-0.15, -0.1) is 0 Å². The van der Waals surface area contributed by atoms with Gasteiger partial charge >= 0.3 is 6.18 Å². The normalized spacial score (nSPS) is 23.1. The number of nitriles is 1. The maximum atomic E-state index is 13.7. The van der Waals surface area contributed by atoms with Gasteiger partial charge in [-0.2, -0.15) is 23.5 Å². The summed E-state index contributed by atoms with van der Waals surface area (Å²) < 4.78 is 42.9. The SMILES string of the molecule is CN(Cc1cc(NC2CCN(C3CC(CC#N)(n4cc(-c5ncnc6[nH]ccc56)cn4)C3)CC2)nc(C(F)(F)F)c1)C1CC1. The van der Waals surface area contributed by atoms with Crippen molar-refractivity contribution in [2.24, 2.45) is 0 Å². The molecule has 2 aliphatic carbocycles.